The zero-order chi connectivity index (χ0) is 18.0. The van der Waals surface area contributed by atoms with E-state index in [0.717, 1.165) is 4.31 Å². The molecule has 136 valence electrons. The van der Waals surface area contributed by atoms with Gasteiger partial charge in [0.1, 0.15) is 0 Å². The number of sulfone groups is 1. The van der Waals surface area contributed by atoms with Crippen molar-refractivity contribution in [3.05, 3.63) is 17.9 Å². The Kier molecular flexibility index (Phi) is 5.68. The summed E-state index contributed by atoms with van der Waals surface area (Å²) in [6, 6.07) is 2.54. The van der Waals surface area contributed by atoms with E-state index in [4.69, 9.17) is 4.42 Å². The predicted octanol–water partition coefficient (Wildman–Crippen LogP) is -1.01. The zero-order valence-corrected chi connectivity index (χ0v) is 15.2. The van der Waals surface area contributed by atoms with Crippen molar-refractivity contribution in [1.29, 1.82) is 0 Å². The van der Waals surface area contributed by atoms with Gasteiger partial charge in [-0.15, -0.1) is 0 Å². The summed E-state index contributed by atoms with van der Waals surface area (Å²) in [5.74, 6) is -0.341. The molecule has 0 atom stereocenters. The number of sulfonamides is 1. The van der Waals surface area contributed by atoms with Gasteiger partial charge >= 0.3 is 0 Å². The lowest BCUT2D eigenvalue weighted by atomic mass is 10.4. The van der Waals surface area contributed by atoms with Crippen molar-refractivity contribution < 1.29 is 26.0 Å². The van der Waals surface area contributed by atoms with Crippen LogP contribution in [-0.2, 0) is 19.9 Å². The first-order chi connectivity index (χ1) is 11.1. The van der Waals surface area contributed by atoms with E-state index < -0.39 is 25.8 Å². The van der Waals surface area contributed by atoms with Crippen LogP contribution in [0.2, 0.25) is 0 Å². The van der Waals surface area contributed by atoms with Crippen LogP contribution in [0.15, 0.2) is 21.6 Å². The second kappa shape index (κ2) is 7.21. The largest absolute Gasteiger partial charge is 0.438 e. The Morgan fingerprint density at radius 3 is 2.50 bits per heavy atom. The molecule has 0 saturated carbocycles. The Morgan fingerprint density at radius 1 is 1.29 bits per heavy atom. The molecule has 1 aromatic heterocycles. The lowest BCUT2D eigenvalue weighted by Gasteiger charge is -2.26. The minimum Gasteiger partial charge on any atom is -0.438 e. The lowest BCUT2D eigenvalue weighted by molar-refractivity contribution is 0.0915. The van der Waals surface area contributed by atoms with Crippen molar-refractivity contribution in [1.82, 2.24) is 14.5 Å². The molecule has 1 aliphatic rings. The number of carbonyl (C=O) groups excluding carboxylic acids is 1. The molecular formula is C13H21N3O6S2. The second-order valence-electron chi connectivity index (χ2n) is 5.66. The molecule has 0 aliphatic carbocycles. The van der Waals surface area contributed by atoms with Crippen molar-refractivity contribution >= 4 is 25.8 Å². The monoisotopic (exact) mass is 379 g/mol. The van der Waals surface area contributed by atoms with E-state index in [-0.39, 0.29) is 22.4 Å². The third kappa shape index (κ3) is 4.56. The Labute approximate surface area is 141 Å². The van der Waals surface area contributed by atoms with Gasteiger partial charge in [0.15, 0.2) is 15.6 Å². The van der Waals surface area contributed by atoms with E-state index in [1.54, 1.807) is 0 Å². The van der Waals surface area contributed by atoms with Crippen LogP contribution in [0.3, 0.4) is 0 Å². The summed E-state index contributed by atoms with van der Waals surface area (Å²) < 4.78 is 52.5. The maximum Gasteiger partial charge on any atom is 0.287 e. The number of hydrogen-bond donors (Lipinski definition) is 1. The van der Waals surface area contributed by atoms with Crippen LogP contribution in [0.25, 0.3) is 0 Å². The second-order valence-corrected chi connectivity index (χ2v) is 10.0. The topological polar surface area (TPSA) is 117 Å². The van der Waals surface area contributed by atoms with E-state index >= 15 is 0 Å². The molecule has 11 heteroatoms. The van der Waals surface area contributed by atoms with Crippen LogP contribution in [0.4, 0.5) is 0 Å². The highest BCUT2D eigenvalue weighted by molar-refractivity contribution is 7.91. The molecule has 1 fully saturated rings. The van der Waals surface area contributed by atoms with Crippen LogP contribution >= 0.6 is 0 Å². The lowest BCUT2D eigenvalue weighted by Crippen LogP contribution is -2.43. The van der Waals surface area contributed by atoms with Gasteiger partial charge in [-0.3, -0.25) is 9.69 Å². The molecule has 0 aromatic carbocycles. The molecule has 0 radical (unpaired) electrons. The van der Waals surface area contributed by atoms with Gasteiger partial charge in [-0.05, 0) is 12.1 Å². The molecule has 2 rings (SSSR count). The van der Waals surface area contributed by atoms with Crippen LogP contribution in [0.5, 0.6) is 0 Å². The summed E-state index contributed by atoms with van der Waals surface area (Å²) in [4.78, 5) is 13.9. The average molecular weight is 379 g/mol. The molecule has 0 unspecified atom stereocenters. The van der Waals surface area contributed by atoms with Crippen LogP contribution in [0, 0.1) is 0 Å². The van der Waals surface area contributed by atoms with Gasteiger partial charge < -0.3 is 9.73 Å². The molecule has 9 nitrogen and oxygen atoms in total. The molecule has 1 amide bonds. The molecule has 1 aliphatic heterocycles. The fourth-order valence-electron chi connectivity index (χ4n) is 2.15. The number of furan rings is 1. The summed E-state index contributed by atoms with van der Waals surface area (Å²) in [6.07, 6.45) is 0. The molecule has 0 bridgehead atoms. The Morgan fingerprint density at radius 2 is 1.92 bits per heavy atom. The van der Waals surface area contributed by atoms with Crippen molar-refractivity contribution in [2.75, 3.05) is 51.8 Å². The third-order valence-electron chi connectivity index (χ3n) is 3.69. The zero-order valence-electron chi connectivity index (χ0n) is 13.6. The number of nitrogens with one attached hydrogen (secondary N) is 1. The van der Waals surface area contributed by atoms with Gasteiger partial charge in [-0.25, -0.2) is 21.1 Å². The van der Waals surface area contributed by atoms with Crippen LogP contribution in [-0.4, -0.2) is 83.7 Å². The van der Waals surface area contributed by atoms with E-state index in [9.17, 15) is 21.6 Å². The molecule has 0 spiro atoms. The van der Waals surface area contributed by atoms with Crippen molar-refractivity contribution in [3.63, 3.8) is 0 Å². The SMILES string of the molecule is CN(C)S(=O)(=O)c1ccc(C(=O)NCCN2CCS(=O)(=O)CC2)o1. The van der Waals surface area contributed by atoms with Gasteiger partial charge in [-0.2, -0.15) is 0 Å². The smallest absolute Gasteiger partial charge is 0.287 e. The number of carbonyl (C=O) groups is 1. The highest BCUT2D eigenvalue weighted by Gasteiger charge is 2.24. The first-order valence-corrected chi connectivity index (χ1v) is 10.6. The van der Waals surface area contributed by atoms with Crippen LogP contribution in [0.1, 0.15) is 10.6 Å². The summed E-state index contributed by atoms with van der Waals surface area (Å²) in [5, 5.41) is 2.34. The van der Waals surface area contributed by atoms with E-state index in [1.165, 1.54) is 26.2 Å². The van der Waals surface area contributed by atoms with Gasteiger partial charge in [0.25, 0.3) is 15.9 Å². The summed E-state index contributed by atoms with van der Waals surface area (Å²) in [5.41, 5.74) is 0. The highest BCUT2D eigenvalue weighted by atomic mass is 32.2. The Hall–Kier alpha value is -1.43. The number of amides is 1. The average Bonchev–Trinajstić information content (AvgIpc) is 2.99. The number of hydrogen-bond acceptors (Lipinski definition) is 7. The molecule has 1 aromatic rings. The van der Waals surface area contributed by atoms with Crippen molar-refractivity contribution in [3.8, 4) is 0 Å². The Bertz CT molecular complexity index is 783. The van der Waals surface area contributed by atoms with Gasteiger partial charge in [0.05, 0.1) is 11.5 Å². The standard InChI is InChI=1S/C13H21N3O6S2/c1-15(2)24(20,21)12-4-3-11(22-12)13(17)14-5-6-16-7-9-23(18,19)10-8-16/h3-4H,5-10H2,1-2H3,(H,14,17). The van der Waals surface area contributed by atoms with E-state index in [2.05, 4.69) is 5.32 Å². The summed E-state index contributed by atoms with van der Waals surface area (Å²) in [7, 11) is -3.90. The normalized spacial score (nSPS) is 18.6. The van der Waals surface area contributed by atoms with Gasteiger partial charge in [0, 0.05) is 40.3 Å². The van der Waals surface area contributed by atoms with Gasteiger partial charge in [-0.1, -0.05) is 0 Å². The maximum absolute atomic E-state index is 12.0. The molecular weight excluding hydrogens is 358 g/mol. The first kappa shape index (κ1) is 18.9. The molecule has 1 saturated heterocycles. The first-order valence-electron chi connectivity index (χ1n) is 7.35. The fraction of sp³-hybridized carbons (Fsp3) is 0.615. The molecule has 2 heterocycles. The van der Waals surface area contributed by atoms with Gasteiger partial charge in [0.2, 0.25) is 5.09 Å². The maximum atomic E-state index is 12.0. The van der Waals surface area contributed by atoms with E-state index in [1.807, 2.05) is 4.90 Å². The predicted molar refractivity (Wildman–Crippen MR) is 87.0 cm³/mol. The van der Waals surface area contributed by atoms with Crippen LogP contribution < -0.4 is 5.32 Å². The molecule has 1 N–H and O–H groups in total. The summed E-state index contributed by atoms with van der Waals surface area (Å²) in [6.45, 7) is 1.73. The van der Waals surface area contributed by atoms with E-state index in [0.29, 0.717) is 26.2 Å². The number of rotatable bonds is 6. The van der Waals surface area contributed by atoms with Crippen molar-refractivity contribution in [2.45, 2.75) is 5.09 Å². The highest BCUT2D eigenvalue weighted by Crippen LogP contribution is 2.16. The fourth-order valence-corrected chi connectivity index (χ4v) is 4.22. The van der Waals surface area contributed by atoms with Crippen molar-refractivity contribution in [2.24, 2.45) is 0 Å². The number of nitrogens with zero attached hydrogens (tertiary/aromatic N) is 2. The minimum absolute atomic E-state index is 0.0864. The summed E-state index contributed by atoms with van der Waals surface area (Å²) >= 11 is 0. The Balaban J connectivity index is 1.85. The minimum atomic E-state index is -3.72. The quantitative estimate of drug-likeness (QED) is 0.673. The third-order valence-corrected chi connectivity index (χ3v) is 6.99. The molecule has 24 heavy (non-hydrogen) atoms.